The maximum Gasteiger partial charge on any atom is 0.264 e. The van der Waals surface area contributed by atoms with Crippen molar-refractivity contribution >= 4 is 17.2 Å². The minimum Gasteiger partial charge on any atom is -0.467 e. The largest absolute Gasteiger partial charge is 0.467 e. The van der Waals surface area contributed by atoms with Crippen LogP contribution in [0.15, 0.2) is 58.8 Å². The fourth-order valence-electron chi connectivity index (χ4n) is 2.24. The van der Waals surface area contributed by atoms with Crippen molar-refractivity contribution in [2.45, 2.75) is 20.0 Å². The zero-order valence-electron chi connectivity index (χ0n) is 12.2. The number of rotatable bonds is 5. The van der Waals surface area contributed by atoms with Crippen LogP contribution in [0.2, 0.25) is 0 Å². The number of nitrogens with zero attached hydrogens (tertiary/aromatic N) is 2. The van der Waals surface area contributed by atoms with Crippen LogP contribution >= 0.6 is 11.3 Å². The summed E-state index contributed by atoms with van der Waals surface area (Å²) < 4.78 is 5.39. The van der Waals surface area contributed by atoms with Crippen LogP contribution < -0.4 is 0 Å². The van der Waals surface area contributed by atoms with Crippen LogP contribution in [-0.4, -0.2) is 15.8 Å². The Kier molecular flexibility index (Phi) is 4.34. The van der Waals surface area contributed by atoms with Gasteiger partial charge in [0.25, 0.3) is 5.91 Å². The highest BCUT2D eigenvalue weighted by Crippen LogP contribution is 2.21. The Labute approximate surface area is 133 Å². The van der Waals surface area contributed by atoms with Crippen LogP contribution in [0.3, 0.4) is 0 Å². The number of furan rings is 1. The third-order valence-electron chi connectivity index (χ3n) is 3.37. The summed E-state index contributed by atoms with van der Waals surface area (Å²) in [6.07, 6.45) is 5.13. The number of carbonyl (C=O) groups is 1. The fraction of sp³-hybridized carbons (Fsp3) is 0.176. The Balaban J connectivity index is 1.85. The molecule has 0 atom stereocenters. The minimum atomic E-state index is 0.0211. The molecule has 3 aromatic heterocycles. The molecule has 4 nitrogen and oxygen atoms in total. The highest BCUT2D eigenvalue weighted by atomic mass is 32.1. The number of thiophene rings is 1. The Morgan fingerprint density at radius 3 is 2.82 bits per heavy atom. The summed E-state index contributed by atoms with van der Waals surface area (Å²) >= 11 is 1.47. The van der Waals surface area contributed by atoms with E-state index in [-0.39, 0.29) is 5.91 Å². The highest BCUT2D eigenvalue weighted by Gasteiger charge is 2.20. The summed E-state index contributed by atoms with van der Waals surface area (Å²) in [6.45, 7) is 2.90. The molecule has 112 valence electrons. The van der Waals surface area contributed by atoms with Gasteiger partial charge in [0, 0.05) is 18.9 Å². The molecule has 22 heavy (non-hydrogen) atoms. The van der Waals surface area contributed by atoms with Crippen LogP contribution in [0, 0.1) is 6.92 Å². The van der Waals surface area contributed by atoms with Gasteiger partial charge in [0.2, 0.25) is 0 Å². The lowest BCUT2D eigenvalue weighted by Gasteiger charge is -2.21. The van der Waals surface area contributed by atoms with Gasteiger partial charge in [-0.3, -0.25) is 9.78 Å². The quantitative estimate of drug-likeness (QED) is 0.718. The van der Waals surface area contributed by atoms with Gasteiger partial charge in [0.1, 0.15) is 5.76 Å². The standard InChI is InChI=1S/C17H16N2O2S/c1-13-6-9-22-16(13)17(20)19(12-15-5-3-8-21-15)11-14-4-2-7-18-10-14/h2-10H,11-12H2,1H3. The van der Waals surface area contributed by atoms with Crippen molar-refractivity contribution in [3.05, 3.63) is 76.1 Å². The van der Waals surface area contributed by atoms with Gasteiger partial charge in [-0.25, -0.2) is 0 Å². The summed E-state index contributed by atoms with van der Waals surface area (Å²) in [5, 5.41) is 1.94. The monoisotopic (exact) mass is 312 g/mol. The van der Waals surface area contributed by atoms with Gasteiger partial charge in [-0.05, 0) is 47.7 Å². The van der Waals surface area contributed by atoms with E-state index in [9.17, 15) is 4.79 Å². The first kappa shape index (κ1) is 14.5. The van der Waals surface area contributed by atoms with E-state index >= 15 is 0 Å². The van der Waals surface area contributed by atoms with Crippen molar-refractivity contribution in [1.82, 2.24) is 9.88 Å². The lowest BCUT2D eigenvalue weighted by atomic mass is 10.2. The van der Waals surface area contributed by atoms with Gasteiger partial charge in [-0.2, -0.15) is 0 Å². The summed E-state index contributed by atoms with van der Waals surface area (Å²) in [4.78, 5) is 19.5. The highest BCUT2D eigenvalue weighted by molar-refractivity contribution is 7.12. The zero-order chi connectivity index (χ0) is 15.4. The smallest absolute Gasteiger partial charge is 0.264 e. The van der Waals surface area contributed by atoms with E-state index in [2.05, 4.69) is 4.98 Å². The Morgan fingerprint density at radius 1 is 1.27 bits per heavy atom. The van der Waals surface area contributed by atoms with E-state index < -0.39 is 0 Å². The molecule has 0 fully saturated rings. The molecular formula is C17H16N2O2S. The average molecular weight is 312 g/mol. The molecule has 0 spiro atoms. The summed E-state index contributed by atoms with van der Waals surface area (Å²) in [5.41, 5.74) is 2.00. The third kappa shape index (κ3) is 3.26. The van der Waals surface area contributed by atoms with E-state index in [1.165, 1.54) is 11.3 Å². The second-order valence-electron chi connectivity index (χ2n) is 5.03. The lowest BCUT2D eigenvalue weighted by Crippen LogP contribution is -2.29. The van der Waals surface area contributed by atoms with Crippen molar-refractivity contribution in [3.63, 3.8) is 0 Å². The molecule has 0 radical (unpaired) electrons. The maximum atomic E-state index is 12.8. The average Bonchev–Trinajstić information content (AvgIpc) is 3.18. The molecule has 0 saturated carbocycles. The van der Waals surface area contributed by atoms with Gasteiger partial charge in [0.15, 0.2) is 0 Å². The molecule has 0 saturated heterocycles. The molecule has 3 rings (SSSR count). The number of hydrogen-bond donors (Lipinski definition) is 0. The van der Waals surface area contributed by atoms with Gasteiger partial charge in [0.05, 0.1) is 17.7 Å². The first-order valence-corrected chi connectivity index (χ1v) is 7.86. The Bertz CT molecular complexity index is 735. The molecular weight excluding hydrogens is 296 g/mol. The first-order valence-electron chi connectivity index (χ1n) is 6.98. The number of aryl methyl sites for hydroxylation is 1. The number of amides is 1. The molecule has 3 heterocycles. The molecule has 0 bridgehead atoms. The predicted molar refractivity (Wildman–Crippen MR) is 85.6 cm³/mol. The van der Waals surface area contributed by atoms with Gasteiger partial charge >= 0.3 is 0 Å². The normalized spacial score (nSPS) is 10.6. The molecule has 5 heteroatoms. The summed E-state index contributed by atoms with van der Waals surface area (Å²) in [7, 11) is 0. The fourth-order valence-corrected chi connectivity index (χ4v) is 3.13. The van der Waals surface area contributed by atoms with Crippen LogP contribution in [0.5, 0.6) is 0 Å². The summed E-state index contributed by atoms with van der Waals surface area (Å²) in [5.74, 6) is 0.791. The van der Waals surface area contributed by atoms with Gasteiger partial charge in [-0.1, -0.05) is 6.07 Å². The SMILES string of the molecule is Cc1ccsc1C(=O)N(Cc1cccnc1)Cc1ccco1. The van der Waals surface area contributed by atoms with Crippen LogP contribution in [0.4, 0.5) is 0 Å². The van der Waals surface area contributed by atoms with Crippen LogP contribution in [0.1, 0.15) is 26.6 Å². The number of hydrogen-bond acceptors (Lipinski definition) is 4. The first-order chi connectivity index (χ1) is 10.7. The van der Waals surface area contributed by atoms with Crippen molar-refractivity contribution in [2.24, 2.45) is 0 Å². The van der Waals surface area contributed by atoms with E-state index in [1.54, 1.807) is 23.6 Å². The third-order valence-corrected chi connectivity index (χ3v) is 4.37. The maximum absolute atomic E-state index is 12.8. The van der Waals surface area contributed by atoms with Crippen molar-refractivity contribution in [2.75, 3.05) is 0 Å². The van der Waals surface area contributed by atoms with E-state index in [0.717, 1.165) is 21.8 Å². The molecule has 0 aromatic carbocycles. The van der Waals surface area contributed by atoms with Gasteiger partial charge in [-0.15, -0.1) is 11.3 Å². The van der Waals surface area contributed by atoms with E-state index in [1.807, 2.05) is 42.6 Å². The topological polar surface area (TPSA) is 46.3 Å². The number of carbonyl (C=O) groups excluding carboxylic acids is 1. The Morgan fingerprint density at radius 2 is 2.18 bits per heavy atom. The second-order valence-corrected chi connectivity index (χ2v) is 5.95. The van der Waals surface area contributed by atoms with Crippen LogP contribution in [0.25, 0.3) is 0 Å². The van der Waals surface area contributed by atoms with Crippen molar-refractivity contribution in [1.29, 1.82) is 0 Å². The van der Waals surface area contributed by atoms with Crippen molar-refractivity contribution in [3.8, 4) is 0 Å². The van der Waals surface area contributed by atoms with Gasteiger partial charge < -0.3 is 9.32 Å². The van der Waals surface area contributed by atoms with Crippen molar-refractivity contribution < 1.29 is 9.21 Å². The van der Waals surface area contributed by atoms with E-state index in [4.69, 9.17) is 4.42 Å². The molecule has 0 unspecified atom stereocenters. The molecule has 0 aliphatic heterocycles. The summed E-state index contributed by atoms with van der Waals surface area (Å²) in [6, 6.07) is 9.52. The Hall–Kier alpha value is -2.40. The predicted octanol–water partition coefficient (Wildman–Crippen LogP) is 3.89. The number of aromatic nitrogens is 1. The molecule has 0 aliphatic rings. The molecule has 1 amide bonds. The molecule has 0 aliphatic carbocycles. The molecule has 0 N–H and O–H groups in total. The zero-order valence-corrected chi connectivity index (χ0v) is 13.0. The number of pyridine rings is 1. The van der Waals surface area contributed by atoms with Crippen LogP contribution in [-0.2, 0) is 13.1 Å². The lowest BCUT2D eigenvalue weighted by molar-refractivity contribution is 0.0722. The molecule has 3 aromatic rings. The van der Waals surface area contributed by atoms with E-state index in [0.29, 0.717) is 13.1 Å². The minimum absolute atomic E-state index is 0.0211. The second kappa shape index (κ2) is 6.58.